The van der Waals surface area contributed by atoms with Crippen LogP contribution in [0.1, 0.15) is 46.9 Å². The van der Waals surface area contributed by atoms with Crippen molar-refractivity contribution in [3.05, 3.63) is 77.1 Å². The number of benzene rings is 1. The molecule has 2 aromatic heterocycles. The zero-order chi connectivity index (χ0) is 25.2. The minimum Gasteiger partial charge on any atom is -0.368 e. The third kappa shape index (κ3) is 5.63. The highest BCUT2D eigenvalue weighted by Gasteiger charge is 2.34. The van der Waals surface area contributed by atoms with Crippen LogP contribution in [-0.4, -0.2) is 39.9 Å². The van der Waals surface area contributed by atoms with Crippen molar-refractivity contribution in [1.29, 1.82) is 0 Å². The second-order valence-corrected chi connectivity index (χ2v) is 9.21. The van der Waals surface area contributed by atoms with Crippen LogP contribution in [-0.2, 0) is 6.18 Å². The molecule has 1 aromatic carbocycles. The molecule has 1 fully saturated rings. The van der Waals surface area contributed by atoms with E-state index >= 15 is 0 Å². The quantitative estimate of drug-likeness (QED) is 0.475. The first kappa shape index (κ1) is 24.7. The summed E-state index contributed by atoms with van der Waals surface area (Å²) in [6.07, 6.45) is -1.74. The van der Waals surface area contributed by atoms with Gasteiger partial charge in [0, 0.05) is 36.1 Å². The third-order valence-electron chi connectivity index (χ3n) is 6.53. The molecular weight excluding hydrogens is 453 g/mol. The number of halogens is 3. The smallest absolute Gasteiger partial charge is 0.368 e. The predicted octanol–water partition coefficient (Wildman–Crippen LogP) is 6.13. The summed E-state index contributed by atoms with van der Waals surface area (Å²) in [5, 5.41) is 3.14. The van der Waals surface area contributed by atoms with Crippen molar-refractivity contribution >= 4 is 11.7 Å². The number of likely N-dealkylation sites (tertiary alicyclic amines) is 1. The van der Waals surface area contributed by atoms with E-state index in [1.807, 2.05) is 55.1 Å². The van der Waals surface area contributed by atoms with E-state index in [9.17, 15) is 18.0 Å². The summed E-state index contributed by atoms with van der Waals surface area (Å²) in [6, 6.07) is 13.8. The van der Waals surface area contributed by atoms with Gasteiger partial charge in [0.15, 0.2) is 0 Å². The fourth-order valence-electron chi connectivity index (χ4n) is 4.59. The third-order valence-corrected chi connectivity index (χ3v) is 6.53. The van der Waals surface area contributed by atoms with Crippen LogP contribution in [0.25, 0.3) is 11.3 Å². The molecule has 8 heteroatoms. The molecule has 1 saturated heterocycles. The van der Waals surface area contributed by atoms with Gasteiger partial charge in [0.2, 0.25) is 0 Å². The molecule has 1 aliphatic heterocycles. The number of alkyl halides is 3. The van der Waals surface area contributed by atoms with Gasteiger partial charge >= 0.3 is 6.18 Å². The fraction of sp³-hybridized carbons (Fsp3) is 0.370. The summed E-state index contributed by atoms with van der Waals surface area (Å²) in [4.78, 5) is 24.3. The van der Waals surface area contributed by atoms with Crippen molar-refractivity contribution in [2.75, 3.05) is 18.4 Å². The molecule has 184 valence electrons. The topological polar surface area (TPSA) is 58.1 Å². The second-order valence-electron chi connectivity index (χ2n) is 9.21. The van der Waals surface area contributed by atoms with E-state index < -0.39 is 11.7 Å². The lowest BCUT2D eigenvalue weighted by Gasteiger charge is -2.40. The minimum atomic E-state index is -4.43. The van der Waals surface area contributed by atoms with Gasteiger partial charge in [-0.25, -0.2) is 4.98 Å². The number of nitrogens with zero attached hydrogens (tertiary/aromatic N) is 3. The molecule has 1 amide bonds. The molecule has 0 bridgehead atoms. The van der Waals surface area contributed by atoms with E-state index in [1.54, 1.807) is 0 Å². The van der Waals surface area contributed by atoms with Gasteiger partial charge in [0.25, 0.3) is 5.91 Å². The Hall–Kier alpha value is -3.42. The Morgan fingerprint density at radius 2 is 1.94 bits per heavy atom. The van der Waals surface area contributed by atoms with Crippen LogP contribution in [0, 0.1) is 19.8 Å². The number of amides is 1. The maximum Gasteiger partial charge on any atom is 0.417 e. The Morgan fingerprint density at radius 3 is 2.63 bits per heavy atom. The highest BCUT2D eigenvalue weighted by atomic mass is 19.4. The molecular formula is C27H29F3N4O. The fourth-order valence-corrected chi connectivity index (χ4v) is 4.59. The van der Waals surface area contributed by atoms with Crippen LogP contribution < -0.4 is 5.32 Å². The molecule has 1 aliphatic rings. The normalized spacial score (nSPS) is 18.4. The zero-order valence-electron chi connectivity index (χ0n) is 20.1. The maximum absolute atomic E-state index is 13.9. The Kier molecular flexibility index (Phi) is 7.10. The van der Waals surface area contributed by atoms with Gasteiger partial charge in [-0.15, -0.1) is 0 Å². The van der Waals surface area contributed by atoms with Crippen LogP contribution in [0.4, 0.5) is 19.0 Å². The maximum atomic E-state index is 13.9. The van der Waals surface area contributed by atoms with Gasteiger partial charge in [-0.2, -0.15) is 13.2 Å². The number of anilines is 1. The molecule has 5 nitrogen and oxygen atoms in total. The van der Waals surface area contributed by atoms with E-state index in [1.165, 1.54) is 6.07 Å². The average Bonchev–Trinajstić information content (AvgIpc) is 2.82. The summed E-state index contributed by atoms with van der Waals surface area (Å²) in [5.74, 6) is 0.508. The molecule has 3 aromatic rings. The van der Waals surface area contributed by atoms with E-state index in [4.69, 9.17) is 0 Å². The molecule has 0 radical (unpaired) electrons. The number of aryl methyl sites for hydroxylation is 2. The standard InChI is InChI=1S/C27H29F3N4O/c1-17-9-11-21(23-8-4-7-19(3)33-23)22(14-17)26(35)34-13-5-6-18(2)24(34)16-32-25-12-10-20(15-31-25)27(28,29)30/h4,7-12,14-15,18,24H,5-6,13,16H2,1-3H3,(H,31,32)/t18-,24?/m1/s1. The molecule has 4 rings (SSSR count). The zero-order valence-corrected chi connectivity index (χ0v) is 20.1. The van der Waals surface area contributed by atoms with Crippen LogP contribution in [0.15, 0.2) is 54.7 Å². The van der Waals surface area contributed by atoms with E-state index in [0.717, 1.165) is 47.6 Å². The SMILES string of the molecule is Cc1ccc(-c2cccc(C)n2)c(C(=O)N2CCC[C@@H](C)C2CNc2ccc(C(F)(F)F)cn2)c1. The van der Waals surface area contributed by atoms with Gasteiger partial charge in [0.1, 0.15) is 5.82 Å². The number of hydrogen-bond donors (Lipinski definition) is 1. The minimum absolute atomic E-state index is 0.0641. The van der Waals surface area contributed by atoms with Crippen molar-refractivity contribution in [1.82, 2.24) is 14.9 Å². The number of nitrogens with one attached hydrogen (secondary N) is 1. The van der Waals surface area contributed by atoms with Crippen LogP contribution in [0.2, 0.25) is 0 Å². The highest BCUT2D eigenvalue weighted by molar-refractivity contribution is 6.01. The Labute approximate surface area is 203 Å². The van der Waals surface area contributed by atoms with Crippen LogP contribution >= 0.6 is 0 Å². The monoisotopic (exact) mass is 482 g/mol. The summed E-state index contributed by atoms with van der Waals surface area (Å²) >= 11 is 0. The number of rotatable bonds is 5. The molecule has 1 unspecified atom stereocenters. The molecule has 1 N–H and O–H groups in total. The van der Waals surface area contributed by atoms with Crippen molar-refractivity contribution < 1.29 is 18.0 Å². The molecule has 35 heavy (non-hydrogen) atoms. The van der Waals surface area contributed by atoms with Gasteiger partial charge in [-0.05, 0) is 62.9 Å². The number of aromatic nitrogens is 2. The lowest BCUT2D eigenvalue weighted by molar-refractivity contribution is -0.137. The second kappa shape index (κ2) is 10.1. The number of carbonyl (C=O) groups excluding carboxylic acids is 1. The summed E-state index contributed by atoms with van der Waals surface area (Å²) < 4.78 is 38.5. The van der Waals surface area contributed by atoms with Crippen LogP contribution in [0.3, 0.4) is 0 Å². The molecule has 0 spiro atoms. The Bertz CT molecular complexity index is 1190. The summed E-state index contributed by atoms with van der Waals surface area (Å²) in [6.45, 7) is 6.99. The lowest BCUT2D eigenvalue weighted by atomic mass is 9.89. The number of hydrogen-bond acceptors (Lipinski definition) is 4. The average molecular weight is 483 g/mol. The van der Waals surface area contributed by atoms with E-state index in [2.05, 4.69) is 22.2 Å². The van der Waals surface area contributed by atoms with Gasteiger partial charge < -0.3 is 10.2 Å². The van der Waals surface area contributed by atoms with Gasteiger partial charge in [0.05, 0.1) is 17.3 Å². The molecule has 3 heterocycles. The summed E-state index contributed by atoms with van der Waals surface area (Å²) in [7, 11) is 0. The first-order chi connectivity index (χ1) is 16.6. The number of piperidine rings is 1. The molecule has 0 aliphatic carbocycles. The van der Waals surface area contributed by atoms with Crippen molar-refractivity contribution in [2.45, 2.75) is 45.8 Å². The summed E-state index contributed by atoms with van der Waals surface area (Å²) in [5.41, 5.74) is 3.22. The van der Waals surface area contributed by atoms with E-state index in [0.29, 0.717) is 24.5 Å². The lowest BCUT2D eigenvalue weighted by Crippen LogP contribution is -2.51. The molecule has 2 atom stereocenters. The first-order valence-corrected chi connectivity index (χ1v) is 11.8. The Morgan fingerprint density at radius 1 is 1.14 bits per heavy atom. The van der Waals surface area contributed by atoms with Crippen LogP contribution in [0.5, 0.6) is 0 Å². The van der Waals surface area contributed by atoms with Crippen molar-refractivity contribution in [2.24, 2.45) is 5.92 Å². The molecule has 0 saturated carbocycles. The van der Waals surface area contributed by atoms with Gasteiger partial charge in [-0.1, -0.05) is 30.7 Å². The largest absolute Gasteiger partial charge is 0.417 e. The predicted molar refractivity (Wildman–Crippen MR) is 130 cm³/mol. The number of pyridine rings is 2. The van der Waals surface area contributed by atoms with Crippen molar-refractivity contribution in [3.63, 3.8) is 0 Å². The van der Waals surface area contributed by atoms with E-state index in [-0.39, 0.29) is 17.9 Å². The van der Waals surface area contributed by atoms with Gasteiger partial charge in [-0.3, -0.25) is 9.78 Å². The first-order valence-electron chi connectivity index (χ1n) is 11.8. The number of carbonyl (C=O) groups is 1. The van der Waals surface area contributed by atoms with Crippen molar-refractivity contribution in [3.8, 4) is 11.3 Å². The Balaban J connectivity index is 1.58. The highest BCUT2D eigenvalue weighted by Crippen LogP contribution is 2.31.